The summed E-state index contributed by atoms with van der Waals surface area (Å²) in [6.07, 6.45) is -3.39. The summed E-state index contributed by atoms with van der Waals surface area (Å²) in [5, 5.41) is 26.7. The molecule has 2 saturated heterocycles. The average Bonchev–Trinajstić information content (AvgIpc) is 0.726. The molecule has 12 atom stereocenters. The lowest BCUT2D eigenvalue weighted by Crippen LogP contribution is -2.69. The lowest BCUT2D eigenvalue weighted by molar-refractivity contribution is -0.388. The summed E-state index contributed by atoms with van der Waals surface area (Å²) in [4.78, 5) is 29.5. The first-order valence-electron chi connectivity index (χ1n) is 40.4. The van der Waals surface area contributed by atoms with Gasteiger partial charge in [-0.3, -0.25) is 9.59 Å². The van der Waals surface area contributed by atoms with Gasteiger partial charge < -0.3 is 62.3 Å². The number of aliphatic carboxylic acids is 1. The Hall–Kier alpha value is -9.82. The van der Waals surface area contributed by atoms with E-state index in [2.05, 4.69) is 80.7 Å². The van der Waals surface area contributed by atoms with E-state index in [9.17, 15) is 19.8 Å². The molecule has 0 bridgehead atoms. The van der Waals surface area contributed by atoms with Crippen molar-refractivity contribution in [2.24, 2.45) is 5.92 Å². The molecule has 10 aromatic carbocycles. The summed E-state index contributed by atoms with van der Waals surface area (Å²) in [6, 6.07) is 87.8. The molecule has 115 heavy (non-hydrogen) atoms. The van der Waals surface area contributed by atoms with Crippen molar-refractivity contribution in [3.63, 3.8) is 0 Å². The Bertz CT molecular complexity index is 4570. The van der Waals surface area contributed by atoms with Gasteiger partial charge in [0.05, 0.1) is 65.4 Å². The fourth-order valence-electron chi connectivity index (χ4n) is 15.5. The highest BCUT2D eigenvalue weighted by atomic mass is 16.7. The maximum Gasteiger partial charge on any atom is 0.303 e. The van der Waals surface area contributed by atoms with Gasteiger partial charge in [-0.25, -0.2) is 0 Å². The molecule has 2 aliphatic rings. The van der Waals surface area contributed by atoms with Crippen LogP contribution in [0.2, 0.25) is 0 Å². The first kappa shape index (κ1) is 84.6. The van der Waals surface area contributed by atoms with Gasteiger partial charge in [0.25, 0.3) is 0 Å². The Balaban J connectivity index is 1.03. The molecule has 0 amide bonds. The van der Waals surface area contributed by atoms with E-state index < -0.39 is 91.1 Å². The number of carbonyl (C=O) groups is 2. The van der Waals surface area contributed by atoms with E-state index in [1.54, 1.807) is 12.2 Å². The molecule has 0 saturated carbocycles. The largest absolute Gasteiger partial charge is 0.481 e. The van der Waals surface area contributed by atoms with E-state index in [1.165, 1.54) is 18.1 Å². The number of unbranched alkanes of at least 4 members (excludes halogenated alkanes) is 2. The van der Waals surface area contributed by atoms with Gasteiger partial charge in [-0.05, 0) is 155 Å². The quantitative estimate of drug-likeness (QED) is 0.0209. The lowest BCUT2D eigenvalue weighted by Gasteiger charge is -2.54. The van der Waals surface area contributed by atoms with Crippen LogP contribution in [0.15, 0.2) is 292 Å². The number of esters is 1. The molecule has 0 spiro atoms. The average molecular weight is 1550 g/mol. The van der Waals surface area contributed by atoms with Crippen LogP contribution in [0.5, 0.6) is 0 Å². The predicted molar refractivity (Wildman–Crippen MR) is 447 cm³/mol. The van der Waals surface area contributed by atoms with Crippen molar-refractivity contribution in [2.75, 3.05) is 26.4 Å². The van der Waals surface area contributed by atoms with Crippen molar-refractivity contribution in [1.29, 1.82) is 0 Å². The number of hydrogen-bond acceptors (Lipinski definition) is 14. The number of carboxylic acids is 1. The zero-order chi connectivity index (χ0) is 80.0. The minimum Gasteiger partial charge on any atom is -0.481 e. The smallest absolute Gasteiger partial charge is 0.303 e. The van der Waals surface area contributed by atoms with Crippen LogP contribution in [0.3, 0.4) is 0 Å². The highest BCUT2D eigenvalue weighted by Crippen LogP contribution is 2.49. The number of carboxylic acid groups (broad SMARTS) is 1. The van der Waals surface area contributed by atoms with Gasteiger partial charge in [-0.1, -0.05) is 273 Å². The first-order chi connectivity index (χ1) is 56.3. The highest BCUT2D eigenvalue weighted by Gasteiger charge is 2.63. The molecule has 2 heterocycles. The minimum absolute atomic E-state index is 0.00699. The third-order valence-electron chi connectivity index (χ3n) is 21.6. The molecule has 10 aromatic rings. The molecule has 2 aliphatic heterocycles. The summed E-state index contributed by atoms with van der Waals surface area (Å²) >= 11 is 0. The molecule has 15 heteroatoms. The second kappa shape index (κ2) is 43.8. The highest BCUT2D eigenvalue weighted by molar-refractivity contribution is 5.68. The van der Waals surface area contributed by atoms with Crippen molar-refractivity contribution in [3.05, 3.63) is 381 Å². The number of carbonyl (C=O) groups excluding carboxylic acids is 1. The maximum absolute atomic E-state index is 14.9. The summed E-state index contributed by atoms with van der Waals surface area (Å²) in [7, 11) is 0. The topological polar surface area (TPSA) is 176 Å². The van der Waals surface area contributed by atoms with Crippen LogP contribution in [-0.2, 0) is 133 Å². The summed E-state index contributed by atoms with van der Waals surface area (Å²) < 4.78 is 78.2. The SMILES string of the molecule is C=CCOCCCCc1ccc(Cc2cc([C@@H]3O[C@H](C(CC(=O)O)C(OC(C)=O)[C@H]4O[C@@](O)(c5ccc(C)c(Cc6ccc(CCCCOCC=C)cc6)c5)[C@H](OCc5ccccc5)[C@@H](OCc5ccccc5)[C@H]4OCc4ccccc4)[C@@H](OCc4ccccc4)[C@@H](OCc4ccccc4)[C@H]3OCc3ccccc3)ccc2C)cc1. The first-order valence-corrected chi connectivity index (χ1v) is 40.4. The Labute approximate surface area is 678 Å². The van der Waals surface area contributed by atoms with Crippen molar-refractivity contribution in [2.45, 2.75) is 185 Å². The number of rotatable bonds is 44. The Morgan fingerprint density at radius 2 is 0.817 bits per heavy atom. The zero-order valence-electron chi connectivity index (χ0n) is 66.5. The van der Waals surface area contributed by atoms with Crippen molar-refractivity contribution in [1.82, 2.24) is 0 Å². The standard InChI is InChI=1S/C100H110O15/c1-6-56-105-58-28-26-30-74-46-50-76(51-47-74)60-85-62-84(54-44-71(85)3)90-93(107-65-78-32-14-8-15-33-78)95(109-67-80-36-18-10-19-37-80)94(108-66-79-34-16-9-17-35-79)91(114-90)88(64-89(102)103)92(113-73(5)101)97-96(110-68-81-38-20-11-21-39-81)98(111-69-82-40-22-12-23-41-82)99(112-70-83-42-24-13-25-43-83)100(104,115-97)87-55-45-72(4)86(63-87)61-77-52-48-75(49-53-77)31-27-29-59-106-57-7-2/h6-25,32-55,62-63,88,90-99,104H,1-2,26-31,56-61,64-70H2,3-5H3,(H,102,103)/t88?,90-,91+,92?,93-,94+,95-,96-,97+,98-,99+,100-/m0/s1. The fraction of sp³-hybridized carbons (Fsp3) is 0.340. The molecule has 600 valence electrons. The molecule has 0 aliphatic carbocycles. The molecule has 2 unspecified atom stereocenters. The number of aliphatic hydroxyl groups is 1. The van der Waals surface area contributed by atoms with Gasteiger partial charge in [-0.2, -0.15) is 0 Å². The molecular formula is C100H110O15. The monoisotopic (exact) mass is 1550 g/mol. The third-order valence-corrected chi connectivity index (χ3v) is 21.6. The van der Waals surface area contributed by atoms with Gasteiger partial charge in [0, 0.05) is 31.6 Å². The van der Waals surface area contributed by atoms with Gasteiger partial charge in [-0.15, -0.1) is 13.2 Å². The van der Waals surface area contributed by atoms with E-state index in [0.717, 1.165) is 111 Å². The number of ether oxygens (including phenoxy) is 11. The zero-order valence-corrected chi connectivity index (χ0v) is 66.5. The second-order valence-corrected chi connectivity index (χ2v) is 30.1. The summed E-state index contributed by atoms with van der Waals surface area (Å²) in [5.41, 5.74) is 14.5. The van der Waals surface area contributed by atoms with E-state index in [-0.39, 0.29) is 39.6 Å². The normalized spacial score (nSPS) is 20.6. The van der Waals surface area contributed by atoms with Crippen LogP contribution in [0.4, 0.5) is 0 Å². The molecule has 2 N–H and O–H groups in total. The van der Waals surface area contributed by atoms with Crippen LogP contribution in [0, 0.1) is 19.8 Å². The Kier molecular flexibility index (Phi) is 32.2. The summed E-state index contributed by atoms with van der Waals surface area (Å²) in [6.45, 7) is 15.5. The van der Waals surface area contributed by atoms with E-state index in [1.807, 2.05) is 213 Å². The number of hydrogen-bond donors (Lipinski definition) is 2. The van der Waals surface area contributed by atoms with E-state index >= 15 is 0 Å². The molecule has 12 rings (SSSR count). The van der Waals surface area contributed by atoms with Gasteiger partial charge in [0.15, 0.2) is 0 Å². The maximum atomic E-state index is 14.9. The van der Waals surface area contributed by atoms with E-state index in [4.69, 9.17) is 52.1 Å². The van der Waals surface area contributed by atoms with Gasteiger partial charge in [0.2, 0.25) is 5.79 Å². The summed E-state index contributed by atoms with van der Waals surface area (Å²) in [5.74, 6) is -5.97. The fourth-order valence-corrected chi connectivity index (χ4v) is 15.5. The van der Waals surface area contributed by atoms with Crippen LogP contribution in [0.1, 0.15) is 134 Å². The molecule has 0 radical (unpaired) electrons. The molecule has 15 nitrogen and oxygen atoms in total. The number of aryl methyl sites for hydroxylation is 4. The van der Waals surface area contributed by atoms with Crippen LogP contribution >= 0.6 is 0 Å². The van der Waals surface area contributed by atoms with Crippen LogP contribution in [0.25, 0.3) is 0 Å². The van der Waals surface area contributed by atoms with Crippen molar-refractivity contribution in [3.8, 4) is 0 Å². The van der Waals surface area contributed by atoms with E-state index in [0.29, 0.717) is 44.8 Å². The third kappa shape index (κ3) is 24.4. The van der Waals surface area contributed by atoms with Crippen molar-refractivity contribution >= 4 is 11.9 Å². The lowest BCUT2D eigenvalue weighted by atomic mass is 9.76. The molecule has 2 fully saturated rings. The van der Waals surface area contributed by atoms with Crippen molar-refractivity contribution < 1.29 is 71.9 Å². The second-order valence-electron chi connectivity index (χ2n) is 30.1. The predicted octanol–water partition coefficient (Wildman–Crippen LogP) is 18.8. The van der Waals surface area contributed by atoms with Crippen LogP contribution < -0.4 is 0 Å². The Morgan fingerprint density at radius 3 is 1.24 bits per heavy atom. The Morgan fingerprint density at radius 1 is 0.435 bits per heavy atom. The molecular weight excluding hydrogens is 1440 g/mol. The van der Waals surface area contributed by atoms with Gasteiger partial charge >= 0.3 is 11.9 Å². The van der Waals surface area contributed by atoms with Gasteiger partial charge in [0.1, 0.15) is 54.9 Å². The van der Waals surface area contributed by atoms with Crippen LogP contribution in [-0.4, -0.2) is 104 Å². The number of benzene rings is 10. The molecule has 0 aromatic heterocycles. The minimum atomic E-state index is -2.50.